The molecule has 0 aromatic carbocycles. The summed E-state index contributed by atoms with van der Waals surface area (Å²) in [5, 5.41) is 11.9. The Kier molecular flexibility index (Phi) is 5.88. The Hall–Kier alpha value is -0.440. The standard InChI is InChI=1S/C10H21NO2/c1-4-9(7-11-13)5-6-10(2,3)8-12/h9,12H,4-8H2,1-3H3. The quantitative estimate of drug-likeness (QED) is 0.623. The van der Waals surface area contributed by atoms with E-state index in [1.54, 1.807) is 0 Å². The van der Waals surface area contributed by atoms with Gasteiger partial charge in [-0.15, -0.1) is 0 Å². The first-order valence-electron chi connectivity index (χ1n) is 4.95. The van der Waals surface area contributed by atoms with Gasteiger partial charge in [0.1, 0.15) is 0 Å². The molecule has 0 aromatic rings. The van der Waals surface area contributed by atoms with Gasteiger partial charge < -0.3 is 5.11 Å². The Morgan fingerprint density at radius 1 is 1.46 bits per heavy atom. The van der Waals surface area contributed by atoms with Crippen molar-refractivity contribution in [1.29, 1.82) is 0 Å². The highest BCUT2D eigenvalue weighted by atomic mass is 16.3. The molecule has 0 radical (unpaired) electrons. The highest BCUT2D eigenvalue weighted by Crippen LogP contribution is 2.25. The van der Waals surface area contributed by atoms with Crippen molar-refractivity contribution in [2.24, 2.45) is 16.5 Å². The molecule has 1 atom stereocenters. The lowest BCUT2D eigenvalue weighted by Gasteiger charge is -2.23. The monoisotopic (exact) mass is 187 g/mol. The van der Waals surface area contributed by atoms with Crippen LogP contribution in [0, 0.1) is 16.2 Å². The molecule has 0 bridgehead atoms. The van der Waals surface area contributed by atoms with Crippen molar-refractivity contribution in [3.05, 3.63) is 4.91 Å². The minimum atomic E-state index is -0.0176. The summed E-state index contributed by atoms with van der Waals surface area (Å²) in [6, 6.07) is 0. The second kappa shape index (κ2) is 6.08. The van der Waals surface area contributed by atoms with Crippen LogP contribution in [0.3, 0.4) is 0 Å². The minimum Gasteiger partial charge on any atom is -0.396 e. The molecule has 0 spiro atoms. The van der Waals surface area contributed by atoms with Crippen LogP contribution >= 0.6 is 0 Å². The fourth-order valence-electron chi connectivity index (χ4n) is 1.20. The third-order valence-electron chi connectivity index (χ3n) is 2.57. The van der Waals surface area contributed by atoms with E-state index in [0.29, 0.717) is 12.5 Å². The van der Waals surface area contributed by atoms with E-state index in [1.165, 1.54) is 0 Å². The zero-order valence-corrected chi connectivity index (χ0v) is 8.92. The molecule has 0 saturated carbocycles. The van der Waals surface area contributed by atoms with Crippen LogP contribution in [0.4, 0.5) is 0 Å². The largest absolute Gasteiger partial charge is 0.396 e. The Morgan fingerprint density at radius 3 is 2.46 bits per heavy atom. The van der Waals surface area contributed by atoms with Gasteiger partial charge in [-0.1, -0.05) is 32.4 Å². The van der Waals surface area contributed by atoms with Crippen LogP contribution in [0.1, 0.15) is 40.0 Å². The van der Waals surface area contributed by atoms with Gasteiger partial charge in [0.05, 0.1) is 6.54 Å². The van der Waals surface area contributed by atoms with Gasteiger partial charge in [-0.05, 0) is 24.2 Å². The van der Waals surface area contributed by atoms with E-state index in [4.69, 9.17) is 5.11 Å². The zero-order chi connectivity index (χ0) is 10.3. The molecular weight excluding hydrogens is 166 g/mol. The number of nitroso groups, excluding NO2 is 1. The summed E-state index contributed by atoms with van der Waals surface area (Å²) in [6.45, 7) is 6.76. The predicted octanol–water partition coefficient (Wildman–Crippen LogP) is 2.58. The summed E-state index contributed by atoms with van der Waals surface area (Å²) in [4.78, 5) is 10.1. The summed E-state index contributed by atoms with van der Waals surface area (Å²) in [5.41, 5.74) is -0.0176. The molecule has 0 aliphatic carbocycles. The molecular formula is C10H21NO2. The van der Waals surface area contributed by atoms with E-state index in [-0.39, 0.29) is 12.0 Å². The zero-order valence-electron chi connectivity index (χ0n) is 8.92. The Labute approximate surface area is 80.5 Å². The molecule has 1 N–H and O–H groups in total. The molecule has 0 saturated heterocycles. The first kappa shape index (κ1) is 12.6. The summed E-state index contributed by atoms with van der Waals surface area (Å²) in [5.74, 6) is 0.392. The molecule has 0 heterocycles. The van der Waals surface area contributed by atoms with Gasteiger partial charge in [-0.3, -0.25) is 0 Å². The lowest BCUT2D eigenvalue weighted by Crippen LogP contribution is -2.18. The lowest BCUT2D eigenvalue weighted by atomic mass is 9.85. The molecule has 0 rings (SSSR count). The molecule has 78 valence electrons. The van der Waals surface area contributed by atoms with Gasteiger partial charge in [0.25, 0.3) is 0 Å². The van der Waals surface area contributed by atoms with Crippen molar-refractivity contribution in [2.45, 2.75) is 40.0 Å². The fourth-order valence-corrected chi connectivity index (χ4v) is 1.20. The van der Waals surface area contributed by atoms with Gasteiger partial charge in [0, 0.05) is 6.61 Å². The maximum Gasteiger partial charge on any atom is 0.0839 e. The third-order valence-corrected chi connectivity index (χ3v) is 2.57. The van der Waals surface area contributed by atoms with Crippen molar-refractivity contribution >= 4 is 0 Å². The maximum absolute atomic E-state index is 10.1. The molecule has 13 heavy (non-hydrogen) atoms. The third kappa shape index (κ3) is 5.75. The molecule has 1 unspecified atom stereocenters. The van der Waals surface area contributed by atoms with Crippen molar-refractivity contribution in [1.82, 2.24) is 0 Å². The topological polar surface area (TPSA) is 49.7 Å². The van der Waals surface area contributed by atoms with Crippen molar-refractivity contribution in [2.75, 3.05) is 13.2 Å². The Balaban J connectivity index is 3.76. The van der Waals surface area contributed by atoms with E-state index in [9.17, 15) is 4.91 Å². The second-order valence-corrected chi connectivity index (χ2v) is 4.45. The van der Waals surface area contributed by atoms with Crippen molar-refractivity contribution < 1.29 is 5.11 Å². The average Bonchev–Trinajstić information content (AvgIpc) is 2.12. The van der Waals surface area contributed by atoms with Crippen LogP contribution in [0.25, 0.3) is 0 Å². The molecule has 0 aliphatic heterocycles. The smallest absolute Gasteiger partial charge is 0.0839 e. The number of hydrogen-bond acceptors (Lipinski definition) is 3. The van der Waals surface area contributed by atoms with E-state index >= 15 is 0 Å². The average molecular weight is 187 g/mol. The summed E-state index contributed by atoms with van der Waals surface area (Å²) >= 11 is 0. The highest BCUT2D eigenvalue weighted by molar-refractivity contribution is 4.70. The predicted molar refractivity (Wildman–Crippen MR) is 54.5 cm³/mol. The molecule has 3 nitrogen and oxygen atoms in total. The first-order valence-corrected chi connectivity index (χ1v) is 4.95. The van der Waals surface area contributed by atoms with E-state index < -0.39 is 0 Å². The maximum atomic E-state index is 10.1. The minimum absolute atomic E-state index is 0.0176. The number of hydrogen-bond donors (Lipinski definition) is 1. The van der Waals surface area contributed by atoms with E-state index in [0.717, 1.165) is 19.3 Å². The molecule has 0 amide bonds. The van der Waals surface area contributed by atoms with Crippen LogP contribution in [0.5, 0.6) is 0 Å². The summed E-state index contributed by atoms with van der Waals surface area (Å²) < 4.78 is 0. The fraction of sp³-hybridized carbons (Fsp3) is 1.00. The van der Waals surface area contributed by atoms with Crippen LogP contribution < -0.4 is 0 Å². The van der Waals surface area contributed by atoms with Gasteiger partial charge in [0.15, 0.2) is 0 Å². The molecule has 0 aliphatic rings. The molecule has 3 heteroatoms. The number of aliphatic hydroxyl groups excluding tert-OH is 1. The lowest BCUT2D eigenvalue weighted by molar-refractivity contribution is 0.141. The van der Waals surface area contributed by atoms with Crippen LogP contribution in [-0.2, 0) is 0 Å². The van der Waals surface area contributed by atoms with Gasteiger partial charge >= 0.3 is 0 Å². The first-order chi connectivity index (χ1) is 6.05. The Morgan fingerprint density at radius 2 is 2.08 bits per heavy atom. The van der Waals surface area contributed by atoms with E-state index in [2.05, 4.69) is 12.1 Å². The SMILES string of the molecule is CCC(CCC(C)(C)CO)CN=O. The van der Waals surface area contributed by atoms with Gasteiger partial charge in [-0.25, -0.2) is 0 Å². The van der Waals surface area contributed by atoms with Crippen LogP contribution in [-0.4, -0.2) is 18.3 Å². The van der Waals surface area contributed by atoms with E-state index in [1.807, 2.05) is 13.8 Å². The number of aliphatic hydroxyl groups is 1. The normalized spacial score (nSPS) is 14.2. The van der Waals surface area contributed by atoms with Crippen molar-refractivity contribution in [3.8, 4) is 0 Å². The highest BCUT2D eigenvalue weighted by Gasteiger charge is 2.18. The van der Waals surface area contributed by atoms with Crippen LogP contribution in [0.15, 0.2) is 5.18 Å². The Bertz CT molecular complexity index is 146. The second-order valence-electron chi connectivity index (χ2n) is 4.45. The summed E-state index contributed by atoms with van der Waals surface area (Å²) in [6.07, 6.45) is 2.93. The van der Waals surface area contributed by atoms with Crippen molar-refractivity contribution in [3.63, 3.8) is 0 Å². The van der Waals surface area contributed by atoms with Crippen LogP contribution in [0.2, 0.25) is 0 Å². The number of nitrogens with zero attached hydrogens (tertiary/aromatic N) is 1. The van der Waals surface area contributed by atoms with Gasteiger partial charge in [-0.2, -0.15) is 4.91 Å². The number of rotatable bonds is 7. The molecule has 0 fully saturated rings. The molecule has 0 aromatic heterocycles. The summed E-state index contributed by atoms with van der Waals surface area (Å²) in [7, 11) is 0. The van der Waals surface area contributed by atoms with Gasteiger partial charge in [0.2, 0.25) is 0 Å².